The molecule has 25 heteroatoms. The van der Waals surface area contributed by atoms with E-state index in [1.54, 1.807) is 48.5 Å². The monoisotopic (exact) mass is 1050 g/mol. The van der Waals surface area contributed by atoms with Gasteiger partial charge in [-0.3, -0.25) is 34.7 Å². The van der Waals surface area contributed by atoms with Crippen LogP contribution in [0.1, 0.15) is 105 Å². The zero-order chi connectivity index (χ0) is 55.4. The number of amides is 2. The lowest BCUT2D eigenvalue weighted by atomic mass is 9.77. The third kappa shape index (κ3) is 13.8. The highest BCUT2D eigenvalue weighted by Crippen LogP contribution is 2.42. The minimum Gasteiger partial charge on any atom is -0.458 e. The van der Waals surface area contributed by atoms with Crippen LogP contribution in [0.3, 0.4) is 0 Å². The lowest BCUT2D eigenvalue weighted by Crippen LogP contribution is -2.61. The van der Waals surface area contributed by atoms with Crippen LogP contribution < -0.4 is 10.6 Å². The molecule has 2 amide bonds. The maximum atomic E-state index is 14.7. The first-order valence-electron chi connectivity index (χ1n) is 25.2. The molecular formula is C49H78N6O19. The van der Waals surface area contributed by atoms with Gasteiger partial charge in [0.1, 0.15) is 17.8 Å². The molecule has 0 spiro atoms. The first kappa shape index (κ1) is 60.0. The van der Waals surface area contributed by atoms with E-state index in [0.717, 1.165) is 18.2 Å². The fourth-order valence-corrected chi connectivity index (χ4v) is 11.1. The van der Waals surface area contributed by atoms with Gasteiger partial charge in [0.05, 0.1) is 57.4 Å². The first-order valence-corrected chi connectivity index (χ1v) is 25.2. The molecule has 1 aromatic carbocycles. The van der Waals surface area contributed by atoms with Crippen LogP contribution in [-0.2, 0) is 47.4 Å². The number of ether oxygens (including phenoxy) is 9. The molecule has 4 aliphatic heterocycles. The van der Waals surface area contributed by atoms with Crippen molar-refractivity contribution in [1.82, 2.24) is 20.4 Å². The zero-order valence-corrected chi connectivity index (χ0v) is 45.0. The van der Waals surface area contributed by atoms with Crippen LogP contribution in [0.2, 0.25) is 0 Å². The van der Waals surface area contributed by atoms with Gasteiger partial charge in [-0.1, -0.05) is 20.8 Å². The number of hydrogen-bond donors (Lipinski definition) is 4. The van der Waals surface area contributed by atoms with Crippen LogP contribution in [0.15, 0.2) is 18.2 Å². The summed E-state index contributed by atoms with van der Waals surface area (Å²) in [6.45, 7) is 17.6. The van der Waals surface area contributed by atoms with Gasteiger partial charge in [-0.15, -0.1) is 0 Å². The predicted molar refractivity (Wildman–Crippen MR) is 262 cm³/mol. The van der Waals surface area contributed by atoms with Crippen molar-refractivity contribution < 1.29 is 81.9 Å². The van der Waals surface area contributed by atoms with E-state index >= 15 is 0 Å². The number of hydrogen-bond acceptors (Lipinski definition) is 21. The smallest absolute Gasteiger partial charge is 0.458 e. The number of rotatable bonds is 14. The topological polar surface area (TPSA) is 309 Å². The summed E-state index contributed by atoms with van der Waals surface area (Å²) in [5.41, 5.74) is -5.98. The second-order valence-electron chi connectivity index (χ2n) is 21.4. The Kier molecular flexibility index (Phi) is 19.8. The molecule has 4 aliphatic rings. The molecule has 1 aromatic rings. The van der Waals surface area contributed by atoms with Crippen LogP contribution in [-0.4, -0.2) is 192 Å². The number of nitro groups is 2. The van der Waals surface area contributed by atoms with Crippen molar-refractivity contribution in [1.29, 1.82) is 0 Å². The van der Waals surface area contributed by atoms with Crippen LogP contribution in [0.5, 0.6) is 0 Å². The number of nitrogens with one attached hydrogen (secondary N) is 2. The fourth-order valence-electron chi connectivity index (χ4n) is 11.1. The first-order chi connectivity index (χ1) is 34.5. The van der Waals surface area contributed by atoms with Crippen molar-refractivity contribution in [3.05, 3.63) is 44.0 Å². The van der Waals surface area contributed by atoms with E-state index < -0.39 is 135 Å². The zero-order valence-electron chi connectivity index (χ0n) is 45.0. The molecule has 25 nitrogen and oxygen atoms in total. The number of esters is 1. The maximum absolute atomic E-state index is 14.7. The van der Waals surface area contributed by atoms with Crippen molar-refractivity contribution in [3.63, 3.8) is 0 Å². The lowest BCUT2D eigenvalue weighted by molar-refractivity contribution is -0.394. The molecule has 74 heavy (non-hydrogen) atoms. The Morgan fingerprint density at radius 3 is 2.12 bits per heavy atom. The van der Waals surface area contributed by atoms with Gasteiger partial charge in [0, 0.05) is 63.3 Å². The van der Waals surface area contributed by atoms with Gasteiger partial charge in [-0.05, 0) is 94.8 Å². The molecule has 0 unspecified atom stereocenters. The van der Waals surface area contributed by atoms with Crippen molar-refractivity contribution in [2.75, 3.05) is 47.9 Å². The molecule has 4 fully saturated rings. The number of aliphatic hydroxyl groups excluding tert-OH is 1. The molecule has 0 saturated carbocycles. The number of nitrogens with zero attached hydrogens (tertiary/aromatic N) is 4. The second kappa shape index (κ2) is 24.4. The molecule has 0 aromatic heterocycles. The number of benzene rings is 1. The molecule has 4 saturated heterocycles. The Labute approximate surface area is 431 Å². The SMILES string of the molecule is CC[C@@H]1OC(=O)[C@H](C)[C@H](O[C@H]2C[C@@](C)(OC)[C@@H](OC(=O)NCCNC(=O)c3cc([N+](=O)[O-])cc([N+](=O)[O-])c3)[C@H](C)O2)[C@@H](C)[C@@H](O[C@@H]2O[C@H](C)C[C@H](N(C)C)[C@H]2O)[C@@](C)(O)C[C@@H](C)CN(C)[C@@H](C)[C@@H]2OC(=O)O[C@]12C. The number of likely N-dealkylation sites (N-methyl/N-ethyl adjacent to an activating group) is 2. The minimum atomic E-state index is -1.67. The predicted octanol–water partition coefficient (Wildman–Crippen LogP) is 4.06. The molecule has 0 radical (unpaired) electrons. The highest BCUT2D eigenvalue weighted by Gasteiger charge is 2.58. The number of aliphatic hydroxyl groups is 2. The number of alkyl carbamates (subject to hydrolysis) is 1. The van der Waals surface area contributed by atoms with Crippen LogP contribution in [0.4, 0.5) is 21.0 Å². The van der Waals surface area contributed by atoms with E-state index in [1.165, 1.54) is 7.11 Å². The summed E-state index contributed by atoms with van der Waals surface area (Å²) in [5, 5.41) is 52.1. The molecule has 0 bridgehead atoms. The maximum Gasteiger partial charge on any atom is 0.509 e. The largest absolute Gasteiger partial charge is 0.509 e. The average Bonchev–Trinajstić information content (AvgIpc) is 3.64. The van der Waals surface area contributed by atoms with Gasteiger partial charge in [0.2, 0.25) is 0 Å². The van der Waals surface area contributed by atoms with E-state index in [9.17, 15) is 49.6 Å². The normalized spacial score (nSPS) is 38.5. The van der Waals surface area contributed by atoms with E-state index in [2.05, 4.69) is 10.6 Å². The Morgan fingerprint density at radius 1 is 0.919 bits per heavy atom. The molecule has 0 aliphatic carbocycles. The number of non-ortho nitro benzene ring substituents is 2. The molecule has 418 valence electrons. The number of nitro benzene ring substituents is 2. The second-order valence-corrected chi connectivity index (χ2v) is 21.4. The van der Waals surface area contributed by atoms with E-state index in [0.29, 0.717) is 13.0 Å². The summed E-state index contributed by atoms with van der Waals surface area (Å²) in [4.78, 5) is 78.5. The lowest BCUT2D eigenvalue weighted by Gasteiger charge is -2.49. The molecule has 18 atom stereocenters. The Balaban J connectivity index is 1.42. The van der Waals surface area contributed by atoms with Gasteiger partial charge in [-0.2, -0.15) is 0 Å². The summed E-state index contributed by atoms with van der Waals surface area (Å²) in [6, 6.07) is 1.74. The number of fused-ring (bicyclic) bond motifs is 1. The summed E-state index contributed by atoms with van der Waals surface area (Å²) < 4.78 is 56.2. The average molecular weight is 1060 g/mol. The summed E-state index contributed by atoms with van der Waals surface area (Å²) >= 11 is 0. The summed E-state index contributed by atoms with van der Waals surface area (Å²) in [6.07, 6.45) is -10.9. The van der Waals surface area contributed by atoms with E-state index in [-0.39, 0.29) is 56.0 Å². The Hall–Kier alpha value is -4.86. The van der Waals surface area contributed by atoms with Gasteiger partial charge in [0.15, 0.2) is 30.4 Å². The van der Waals surface area contributed by atoms with Gasteiger partial charge < -0.3 is 68.4 Å². The summed E-state index contributed by atoms with van der Waals surface area (Å²) in [5.74, 6) is -3.81. The highest BCUT2D eigenvalue weighted by atomic mass is 16.8. The van der Waals surface area contributed by atoms with Gasteiger partial charge in [0.25, 0.3) is 17.3 Å². The van der Waals surface area contributed by atoms with Crippen molar-refractivity contribution >= 4 is 35.5 Å². The van der Waals surface area contributed by atoms with Crippen LogP contribution in [0.25, 0.3) is 0 Å². The van der Waals surface area contributed by atoms with Crippen LogP contribution >= 0.6 is 0 Å². The molecule has 4 heterocycles. The number of cyclic esters (lactones) is 1. The number of carbonyl (C=O) groups is 4. The number of carbonyl (C=O) groups excluding carboxylic acids is 4. The quantitative estimate of drug-likeness (QED) is 0.0671. The van der Waals surface area contributed by atoms with Gasteiger partial charge >= 0.3 is 18.2 Å². The van der Waals surface area contributed by atoms with Crippen molar-refractivity contribution in [2.45, 2.75) is 185 Å². The number of methoxy groups -OCH3 is 1. The Bertz CT molecular complexity index is 2140. The van der Waals surface area contributed by atoms with Crippen molar-refractivity contribution in [2.24, 2.45) is 17.8 Å². The Morgan fingerprint density at radius 2 is 1.54 bits per heavy atom. The molecule has 5 rings (SSSR count). The van der Waals surface area contributed by atoms with Gasteiger partial charge in [-0.25, -0.2) is 9.59 Å². The third-order valence-corrected chi connectivity index (χ3v) is 15.1. The van der Waals surface area contributed by atoms with E-state index in [4.69, 9.17) is 42.6 Å². The standard InChI is InChI=1S/C49H78N6O19/c1-15-35-49(10)40(73-46(60)74-49)29(6)53(13)24-25(2)22-47(8,61)39(71-44-37(56)34(52(11)12)18-26(3)67-44)27(4)38(28(5)43(58)69-35)70-36-23-48(9,66-14)41(30(7)68-36)72-45(59)51-17-16-50-42(57)31-19-32(54(62)63)21-33(20-31)55(64)65/h19-21,25-30,34-41,44,56,61H,15-18,22-24H2,1-14H3,(H,50,57)(H,51,59)/t25-,26-,27-,28-,29+,30+,34+,35+,36+,37-,38-,39-,40+,41+,44+,47+,48-,49-/m1/s1. The summed E-state index contributed by atoms with van der Waals surface area (Å²) in [7, 11) is 6.99. The van der Waals surface area contributed by atoms with E-state index in [1.807, 2.05) is 51.7 Å². The molecular weight excluding hydrogens is 977 g/mol. The highest BCUT2D eigenvalue weighted by molar-refractivity contribution is 5.95. The van der Waals surface area contributed by atoms with Crippen LogP contribution in [0, 0.1) is 38.0 Å². The minimum absolute atomic E-state index is 0.0670. The fraction of sp³-hybridized carbons (Fsp3) is 0.796. The molecule has 4 N–H and O–H groups in total. The third-order valence-electron chi connectivity index (χ3n) is 15.1. The van der Waals surface area contributed by atoms with Crippen molar-refractivity contribution in [3.8, 4) is 0 Å².